The Labute approximate surface area is 305 Å². The Kier molecular flexibility index (Phi) is 35.3. The molecule has 0 aromatic heterocycles. The molecular weight excluding hydrogens is 653 g/mol. The molecule has 0 fully saturated rings. The van der Waals surface area contributed by atoms with Gasteiger partial charge in [-0.15, -0.1) is 0 Å². The van der Waals surface area contributed by atoms with E-state index in [2.05, 4.69) is 62.5 Å². The van der Waals surface area contributed by atoms with Crippen LogP contribution in [0.4, 0.5) is 0 Å². The molecule has 0 saturated carbocycles. The predicted molar refractivity (Wildman–Crippen MR) is 206 cm³/mol. The molecule has 290 valence electrons. The van der Waals surface area contributed by atoms with Crippen LogP contribution in [-0.2, 0) is 32.7 Å². The summed E-state index contributed by atoms with van der Waals surface area (Å²) in [6, 6.07) is 0. The normalized spacial score (nSPS) is 13.9. The molecule has 9 nitrogen and oxygen atoms in total. The summed E-state index contributed by atoms with van der Waals surface area (Å²) in [4.78, 5) is 34.6. The van der Waals surface area contributed by atoms with Crippen molar-refractivity contribution in [2.45, 2.75) is 168 Å². The van der Waals surface area contributed by atoms with E-state index >= 15 is 0 Å². The summed E-state index contributed by atoms with van der Waals surface area (Å²) in [6.07, 6.45) is 40.1. The summed E-state index contributed by atoms with van der Waals surface area (Å²) in [5, 5.41) is 0. The first-order chi connectivity index (χ1) is 24.3. The second-order valence-corrected chi connectivity index (χ2v) is 14.2. The number of unbranched alkanes of at least 4 members (excludes halogenated alkanes) is 15. The fraction of sp³-hybridized carbons (Fsp3) is 0.750. The average molecular weight is 726 g/mol. The maximum atomic E-state index is 12.5. The number of carbonyl (C=O) groups excluding carboxylic acids is 2. The first kappa shape index (κ1) is 48.0. The monoisotopic (exact) mass is 725 g/mol. The van der Waals surface area contributed by atoms with Crippen molar-refractivity contribution in [3.8, 4) is 0 Å². The number of phosphoric acid groups is 1. The van der Waals surface area contributed by atoms with Crippen LogP contribution in [0.2, 0.25) is 0 Å². The molecule has 0 rings (SSSR count). The quantitative estimate of drug-likeness (QED) is 0.0280. The molecule has 0 radical (unpaired) electrons. The third-order valence-electron chi connectivity index (χ3n) is 7.98. The zero-order chi connectivity index (χ0) is 36.8. The lowest BCUT2D eigenvalue weighted by atomic mass is 10.1. The van der Waals surface area contributed by atoms with E-state index in [0.29, 0.717) is 6.42 Å². The highest BCUT2D eigenvalue weighted by Gasteiger charge is 2.25. The number of phosphoric ester groups is 1. The largest absolute Gasteiger partial charge is 0.472 e. The van der Waals surface area contributed by atoms with Gasteiger partial charge in [0.1, 0.15) is 6.61 Å². The van der Waals surface area contributed by atoms with Crippen molar-refractivity contribution < 1.29 is 37.6 Å². The van der Waals surface area contributed by atoms with Gasteiger partial charge in [-0.2, -0.15) is 0 Å². The maximum Gasteiger partial charge on any atom is 0.472 e. The van der Waals surface area contributed by atoms with Crippen molar-refractivity contribution in [2.75, 3.05) is 26.4 Å². The van der Waals surface area contributed by atoms with Gasteiger partial charge in [0.05, 0.1) is 13.2 Å². The molecule has 0 aliphatic heterocycles. The molecule has 50 heavy (non-hydrogen) atoms. The molecule has 10 heteroatoms. The number of ether oxygens (including phenoxy) is 2. The van der Waals surface area contributed by atoms with E-state index in [1.54, 1.807) is 0 Å². The fourth-order valence-electron chi connectivity index (χ4n) is 5.09. The van der Waals surface area contributed by atoms with Crippen molar-refractivity contribution in [2.24, 2.45) is 5.73 Å². The minimum atomic E-state index is -4.37. The van der Waals surface area contributed by atoms with Crippen LogP contribution in [-0.4, -0.2) is 49.3 Å². The van der Waals surface area contributed by atoms with Crippen LogP contribution in [0.15, 0.2) is 48.6 Å². The zero-order valence-electron chi connectivity index (χ0n) is 31.6. The molecule has 2 unspecified atom stereocenters. The van der Waals surface area contributed by atoms with Crippen molar-refractivity contribution in [1.29, 1.82) is 0 Å². The number of carbonyl (C=O) groups is 2. The van der Waals surface area contributed by atoms with Crippen molar-refractivity contribution in [3.05, 3.63) is 48.6 Å². The number of esters is 2. The highest BCUT2D eigenvalue weighted by atomic mass is 31.2. The highest BCUT2D eigenvalue weighted by molar-refractivity contribution is 7.47. The van der Waals surface area contributed by atoms with Gasteiger partial charge in [-0.05, 0) is 51.4 Å². The van der Waals surface area contributed by atoms with Gasteiger partial charge < -0.3 is 20.1 Å². The summed E-state index contributed by atoms with van der Waals surface area (Å²) in [5.41, 5.74) is 5.32. The van der Waals surface area contributed by atoms with E-state index in [0.717, 1.165) is 70.6 Å². The molecule has 0 spiro atoms. The van der Waals surface area contributed by atoms with Crippen LogP contribution in [0.5, 0.6) is 0 Å². The Hall–Kier alpha value is -2.03. The van der Waals surface area contributed by atoms with Crippen LogP contribution < -0.4 is 5.73 Å². The Morgan fingerprint density at radius 1 is 0.620 bits per heavy atom. The topological polar surface area (TPSA) is 134 Å². The number of rotatable bonds is 36. The molecule has 0 aliphatic carbocycles. The molecule has 3 N–H and O–H groups in total. The first-order valence-corrected chi connectivity index (χ1v) is 21.1. The third kappa shape index (κ3) is 35.8. The Morgan fingerprint density at radius 2 is 1.10 bits per heavy atom. The Balaban J connectivity index is 4.13. The minimum absolute atomic E-state index is 0.0510. The summed E-state index contributed by atoms with van der Waals surface area (Å²) >= 11 is 0. The first-order valence-electron chi connectivity index (χ1n) is 19.6. The number of hydrogen-bond acceptors (Lipinski definition) is 8. The molecule has 2 atom stereocenters. The van der Waals surface area contributed by atoms with E-state index in [9.17, 15) is 19.0 Å². The molecule has 0 heterocycles. The summed E-state index contributed by atoms with van der Waals surface area (Å²) in [6.45, 7) is 3.56. The lowest BCUT2D eigenvalue weighted by molar-refractivity contribution is -0.161. The second kappa shape index (κ2) is 36.8. The van der Waals surface area contributed by atoms with Gasteiger partial charge in [-0.1, -0.05) is 146 Å². The van der Waals surface area contributed by atoms with Gasteiger partial charge in [0.15, 0.2) is 6.10 Å². The van der Waals surface area contributed by atoms with Crippen LogP contribution >= 0.6 is 7.82 Å². The molecule has 0 bridgehead atoms. The van der Waals surface area contributed by atoms with Gasteiger partial charge in [-0.25, -0.2) is 4.57 Å². The van der Waals surface area contributed by atoms with E-state index < -0.39 is 32.5 Å². The lowest BCUT2D eigenvalue weighted by Crippen LogP contribution is -2.29. The fourth-order valence-corrected chi connectivity index (χ4v) is 5.86. The number of allylic oxidation sites excluding steroid dienone is 8. The van der Waals surface area contributed by atoms with Crippen LogP contribution in [0.25, 0.3) is 0 Å². The Morgan fingerprint density at radius 3 is 1.64 bits per heavy atom. The van der Waals surface area contributed by atoms with Crippen LogP contribution in [0.1, 0.15) is 162 Å². The molecule has 0 amide bonds. The van der Waals surface area contributed by atoms with Crippen molar-refractivity contribution >= 4 is 19.8 Å². The van der Waals surface area contributed by atoms with Crippen LogP contribution in [0, 0.1) is 0 Å². The van der Waals surface area contributed by atoms with Gasteiger partial charge in [0, 0.05) is 19.4 Å². The van der Waals surface area contributed by atoms with Crippen LogP contribution in [0.3, 0.4) is 0 Å². The summed E-state index contributed by atoms with van der Waals surface area (Å²) in [7, 11) is -4.37. The van der Waals surface area contributed by atoms with E-state index in [1.165, 1.54) is 57.8 Å². The molecule has 0 saturated heterocycles. The van der Waals surface area contributed by atoms with Gasteiger partial charge in [-0.3, -0.25) is 18.6 Å². The van der Waals surface area contributed by atoms with Crippen molar-refractivity contribution in [1.82, 2.24) is 0 Å². The molecule has 0 aromatic rings. The molecular formula is C40H72NO8P. The SMILES string of the molecule is CC/C=C\C/C=C\C/C=C\C/C=C\CCCCCCCCCCC(=O)OC(COC(=O)CCCCCCCCCC)COP(=O)(O)OCCN. The smallest absolute Gasteiger partial charge is 0.462 e. The lowest BCUT2D eigenvalue weighted by Gasteiger charge is -2.19. The highest BCUT2D eigenvalue weighted by Crippen LogP contribution is 2.43. The maximum absolute atomic E-state index is 12.5. The molecule has 0 aliphatic rings. The summed E-state index contributed by atoms with van der Waals surface area (Å²) < 4.78 is 32.6. The van der Waals surface area contributed by atoms with E-state index in [1.807, 2.05) is 0 Å². The van der Waals surface area contributed by atoms with Gasteiger partial charge >= 0.3 is 19.8 Å². The average Bonchev–Trinajstić information content (AvgIpc) is 3.10. The predicted octanol–water partition coefficient (Wildman–Crippen LogP) is 10.8. The number of nitrogens with two attached hydrogens (primary N) is 1. The third-order valence-corrected chi connectivity index (χ3v) is 8.96. The van der Waals surface area contributed by atoms with Gasteiger partial charge in [0.25, 0.3) is 0 Å². The van der Waals surface area contributed by atoms with E-state index in [4.69, 9.17) is 24.3 Å². The molecule has 0 aromatic carbocycles. The minimum Gasteiger partial charge on any atom is -0.462 e. The van der Waals surface area contributed by atoms with Gasteiger partial charge in [0.2, 0.25) is 0 Å². The Bertz CT molecular complexity index is 965. The number of hydrogen-bond donors (Lipinski definition) is 2. The second-order valence-electron chi connectivity index (χ2n) is 12.8. The standard InChI is InChI=1S/C40H72NO8P/c1-3-5-7-9-11-13-14-15-16-17-18-19-20-21-22-23-24-25-27-29-31-33-40(43)49-38(37-48-50(44,45)47-35-34-41)36-46-39(42)32-30-28-26-12-10-8-6-4-2/h5,7,11,13,15-16,18-19,38H,3-4,6,8-10,12,14,17,20-37,41H2,1-2H3,(H,44,45)/b7-5-,13-11-,16-15-,19-18-. The van der Waals surface area contributed by atoms with E-state index in [-0.39, 0.29) is 32.6 Å². The van der Waals surface area contributed by atoms with Crippen molar-refractivity contribution in [3.63, 3.8) is 0 Å². The summed E-state index contributed by atoms with van der Waals surface area (Å²) in [5.74, 6) is -0.845. The zero-order valence-corrected chi connectivity index (χ0v) is 32.5.